The maximum absolute atomic E-state index is 12.1. The number of phenolic OH excluding ortho intramolecular Hbond substituents is 3. The molecule has 7 heteroatoms. The highest BCUT2D eigenvalue weighted by Gasteiger charge is 2.27. The standard InChI is InChI=1S/C24H28O7/c1-23(2,3)16-8-12(9-17(20(16)27)24(4,5)6)7-14(21(28)29)13-10-18(25)19(26)11-15(13)22(30)31/h7-11,25-27H,1-6H3,(H,28,29)(H,30,31)/b14-7+. The average molecular weight is 428 g/mol. The molecule has 0 radical (unpaired) electrons. The second-order valence-corrected chi connectivity index (χ2v) is 9.52. The highest BCUT2D eigenvalue weighted by atomic mass is 16.4. The van der Waals surface area contributed by atoms with Crippen LogP contribution in [0.2, 0.25) is 0 Å². The van der Waals surface area contributed by atoms with Gasteiger partial charge in [-0.05, 0) is 46.7 Å². The molecule has 0 spiro atoms. The zero-order valence-corrected chi connectivity index (χ0v) is 18.4. The fourth-order valence-electron chi connectivity index (χ4n) is 3.28. The highest BCUT2D eigenvalue weighted by molar-refractivity contribution is 6.23. The molecule has 2 aromatic carbocycles. The van der Waals surface area contributed by atoms with E-state index >= 15 is 0 Å². The van der Waals surface area contributed by atoms with Crippen LogP contribution in [0.3, 0.4) is 0 Å². The minimum Gasteiger partial charge on any atom is -0.507 e. The molecule has 0 atom stereocenters. The maximum Gasteiger partial charge on any atom is 0.336 e. The van der Waals surface area contributed by atoms with Crippen molar-refractivity contribution in [3.8, 4) is 17.2 Å². The Bertz CT molecular complexity index is 1050. The minimum absolute atomic E-state index is 0.127. The van der Waals surface area contributed by atoms with Crippen LogP contribution >= 0.6 is 0 Å². The SMILES string of the molecule is CC(C)(C)c1cc(/C=C(/C(=O)O)c2cc(O)c(O)cc2C(=O)O)cc(C(C)(C)C)c1O. The zero-order chi connectivity index (χ0) is 23.9. The highest BCUT2D eigenvalue weighted by Crippen LogP contribution is 2.41. The number of carboxylic acids is 2. The summed E-state index contributed by atoms with van der Waals surface area (Å²) < 4.78 is 0. The van der Waals surface area contributed by atoms with Crippen molar-refractivity contribution in [1.82, 2.24) is 0 Å². The largest absolute Gasteiger partial charge is 0.507 e. The lowest BCUT2D eigenvalue weighted by molar-refractivity contribution is -0.130. The van der Waals surface area contributed by atoms with E-state index in [1.54, 1.807) is 12.1 Å². The number of benzene rings is 2. The number of aromatic hydroxyl groups is 3. The molecule has 0 aliphatic heterocycles. The van der Waals surface area contributed by atoms with Crippen LogP contribution in [0.25, 0.3) is 11.6 Å². The monoisotopic (exact) mass is 428 g/mol. The molecule has 0 aliphatic rings. The number of phenols is 3. The molecule has 5 N–H and O–H groups in total. The van der Waals surface area contributed by atoms with E-state index < -0.39 is 39.8 Å². The maximum atomic E-state index is 12.1. The molecule has 2 aromatic rings. The Morgan fingerprint density at radius 1 is 0.742 bits per heavy atom. The van der Waals surface area contributed by atoms with Crippen molar-refractivity contribution in [2.24, 2.45) is 0 Å². The molecule has 0 fully saturated rings. The van der Waals surface area contributed by atoms with Gasteiger partial charge in [0.25, 0.3) is 0 Å². The Morgan fingerprint density at radius 2 is 1.16 bits per heavy atom. The third kappa shape index (κ3) is 4.99. The lowest BCUT2D eigenvalue weighted by atomic mass is 9.78. The molecule has 2 rings (SSSR count). The molecule has 0 amide bonds. The first-order chi connectivity index (χ1) is 14.0. The summed E-state index contributed by atoms with van der Waals surface area (Å²) in [5.41, 5.74) is -0.300. The number of aliphatic carboxylic acids is 1. The van der Waals surface area contributed by atoms with Gasteiger partial charge in [-0.1, -0.05) is 41.5 Å². The van der Waals surface area contributed by atoms with E-state index in [0.29, 0.717) is 16.7 Å². The summed E-state index contributed by atoms with van der Waals surface area (Å²) in [5.74, 6) is -4.03. The van der Waals surface area contributed by atoms with Crippen molar-refractivity contribution in [2.45, 2.75) is 52.4 Å². The fraction of sp³-hybridized carbons (Fsp3) is 0.333. The summed E-state index contributed by atoms with van der Waals surface area (Å²) in [5, 5.41) is 49.6. The topological polar surface area (TPSA) is 135 Å². The van der Waals surface area contributed by atoms with Crippen LogP contribution in [-0.2, 0) is 15.6 Å². The Hall–Kier alpha value is -3.48. The lowest BCUT2D eigenvalue weighted by Crippen LogP contribution is -2.17. The molecule has 0 heterocycles. The van der Waals surface area contributed by atoms with E-state index in [0.717, 1.165) is 12.1 Å². The van der Waals surface area contributed by atoms with E-state index in [1.807, 2.05) is 41.5 Å². The van der Waals surface area contributed by atoms with Gasteiger partial charge in [-0.25, -0.2) is 9.59 Å². The second kappa shape index (κ2) is 7.98. The van der Waals surface area contributed by atoms with Crippen LogP contribution in [-0.4, -0.2) is 37.5 Å². The van der Waals surface area contributed by atoms with Gasteiger partial charge in [0.2, 0.25) is 0 Å². The van der Waals surface area contributed by atoms with Gasteiger partial charge in [0, 0.05) is 16.7 Å². The second-order valence-electron chi connectivity index (χ2n) is 9.52. The summed E-state index contributed by atoms with van der Waals surface area (Å²) >= 11 is 0. The van der Waals surface area contributed by atoms with Crippen LogP contribution in [0.15, 0.2) is 24.3 Å². The summed E-state index contributed by atoms with van der Waals surface area (Å²) in [6, 6.07) is 5.04. The molecule has 0 aliphatic carbocycles. The number of carboxylic acid groups (broad SMARTS) is 2. The first-order valence-electron chi connectivity index (χ1n) is 9.66. The summed E-state index contributed by atoms with van der Waals surface area (Å²) in [7, 11) is 0. The van der Waals surface area contributed by atoms with Gasteiger partial charge in [0.1, 0.15) is 5.75 Å². The third-order valence-corrected chi connectivity index (χ3v) is 4.92. The average Bonchev–Trinajstić information content (AvgIpc) is 2.60. The Balaban J connectivity index is 2.89. The summed E-state index contributed by atoms with van der Waals surface area (Å²) in [4.78, 5) is 23.7. The van der Waals surface area contributed by atoms with Crippen LogP contribution in [0.1, 0.15) is 74.2 Å². The molecular weight excluding hydrogens is 400 g/mol. The van der Waals surface area contributed by atoms with E-state index in [-0.39, 0.29) is 16.9 Å². The summed E-state index contributed by atoms with van der Waals surface area (Å²) in [6.45, 7) is 11.5. The molecule has 7 nitrogen and oxygen atoms in total. The molecular formula is C24H28O7. The molecule has 0 saturated carbocycles. The normalized spacial score (nSPS) is 12.6. The fourth-order valence-corrected chi connectivity index (χ4v) is 3.28. The van der Waals surface area contributed by atoms with Crippen molar-refractivity contribution >= 4 is 23.6 Å². The predicted molar refractivity (Wildman–Crippen MR) is 118 cm³/mol. The van der Waals surface area contributed by atoms with Crippen molar-refractivity contribution in [3.05, 3.63) is 52.1 Å². The van der Waals surface area contributed by atoms with Crippen LogP contribution in [0.5, 0.6) is 17.2 Å². The van der Waals surface area contributed by atoms with E-state index in [2.05, 4.69) is 0 Å². The number of hydrogen-bond acceptors (Lipinski definition) is 5. The number of hydrogen-bond donors (Lipinski definition) is 5. The van der Waals surface area contributed by atoms with Gasteiger partial charge in [-0.15, -0.1) is 0 Å². The molecule has 0 aromatic heterocycles. The Labute approximate surface area is 180 Å². The van der Waals surface area contributed by atoms with Crippen molar-refractivity contribution in [1.29, 1.82) is 0 Å². The Kier molecular flexibility index (Phi) is 6.13. The smallest absolute Gasteiger partial charge is 0.336 e. The van der Waals surface area contributed by atoms with E-state index in [1.165, 1.54) is 6.08 Å². The van der Waals surface area contributed by atoms with Gasteiger partial charge in [-0.3, -0.25) is 0 Å². The van der Waals surface area contributed by atoms with Crippen LogP contribution < -0.4 is 0 Å². The predicted octanol–water partition coefficient (Wildman–Crippen LogP) is 4.72. The van der Waals surface area contributed by atoms with Gasteiger partial charge in [0.15, 0.2) is 11.5 Å². The van der Waals surface area contributed by atoms with E-state index in [9.17, 15) is 35.1 Å². The Morgan fingerprint density at radius 3 is 1.52 bits per heavy atom. The van der Waals surface area contributed by atoms with Gasteiger partial charge >= 0.3 is 11.9 Å². The minimum atomic E-state index is -1.45. The van der Waals surface area contributed by atoms with Crippen molar-refractivity contribution < 1.29 is 35.1 Å². The third-order valence-electron chi connectivity index (χ3n) is 4.92. The van der Waals surface area contributed by atoms with Crippen molar-refractivity contribution in [2.75, 3.05) is 0 Å². The zero-order valence-electron chi connectivity index (χ0n) is 18.4. The number of aromatic carboxylic acids is 1. The van der Waals surface area contributed by atoms with Crippen molar-refractivity contribution in [3.63, 3.8) is 0 Å². The quantitative estimate of drug-likeness (QED) is 0.270. The first kappa shape index (κ1) is 23.8. The van der Waals surface area contributed by atoms with Crippen LogP contribution in [0, 0.1) is 0 Å². The lowest BCUT2D eigenvalue weighted by Gasteiger charge is -2.28. The molecule has 31 heavy (non-hydrogen) atoms. The molecule has 0 bridgehead atoms. The van der Waals surface area contributed by atoms with Gasteiger partial charge in [-0.2, -0.15) is 0 Å². The van der Waals surface area contributed by atoms with Crippen LogP contribution in [0.4, 0.5) is 0 Å². The molecule has 0 saturated heterocycles. The number of carbonyl (C=O) groups is 2. The number of rotatable bonds is 4. The first-order valence-corrected chi connectivity index (χ1v) is 9.66. The van der Waals surface area contributed by atoms with E-state index in [4.69, 9.17) is 0 Å². The molecule has 166 valence electrons. The van der Waals surface area contributed by atoms with Gasteiger partial charge in [0.05, 0.1) is 11.1 Å². The summed E-state index contributed by atoms with van der Waals surface area (Å²) in [6.07, 6.45) is 1.30. The van der Waals surface area contributed by atoms with Gasteiger partial charge < -0.3 is 25.5 Å². The molecule has 0 unspecified atom stereocenters.